The maximum absolute atomic E-state index is 14.9. The van der Waals surface area contributed by atoms with E-state index in [2.05, 4.69) is 46.2 Å². The first-order chi connectivity index (χ1) is 67.3. The highest BCUT2D eigenvalue weighted by Gasteiger charge is 2.34. The third kappa shape index (κ3) is 21.9. The molecule has 0 saturated carbocycles. The highest BCUT2D eigenvalue weighted by molar-refractivity contribution is 7.93. The summed E-state index contributed by atoms with van der Waals surface area (Å²) in [7, 11) is -14.6. The summed E-state index contributed by atoms with van der Waals surface area (Å²) in [5.74, 6) is -5.58. The number of ether oxygens (including phenoxy) is 4. The number of halogens is 7. The van der Waals surface area contributed by atoms with E-state index in [0.29, 0.717) is 83.0 Å². The van der Waals surface area contributed by atoms with Crippen molar-refractivity contribution < 1.29 is 80.6 Å². The van der Waals surface area contributed by atoms with Gasteiger partial charge in [-0.1, -0.05) is 137 Å². The lowest BCUT2D eigenvalue weighted by molar-refractivity contribution is 0.101. The molecule has 0 unspecified atom stereocenters. The van der Waals surface area contributed by atoms with Gasteiger partial charge in [0.05, 0.1) is 151 Å². The summed E-state index contributed by atoms with van der Waals surface area (Å²) in [6, 6.07) is 71.9. The van der Waals surface area contributed by atoms with Gasteiger partial charge in [0.2, 0.25) is 0 Å². The number of amides is 4. The van der Waals surface area contributed by atoms with Gasteiger partial charge < -0.3 is 40.2 Å². The predicted molar refractivity (Wildman–Crippen MR) is 542 cm³/mol. The average Bonchev–Trinajstić information content (AvgIpc) is 0.789. The SMILES string of the molecule is Cc1ccc(NC(=O)c2ccc(N3CCOCS3(=O)=O)cc2F)cc1-c1nccc2ccccc12.O=C(Nc1ccc(Cl)c(-c2ccc3cnccc3n2)c1)c1ccc(N2CCOCS2(=O)=O)cc1Cl.O=C(Nc1ccc(Cl)c(-c2nccc3ccccc23)c1)c1ccc(N2CCOCS2(=O)=O)cc1Cl.O=C(Nc1ccc(Cl)c(-c2nccc3ccccc23)c1)c1ccc(N2CCOCS2(=O)=O)cc1F. The van der Waals surface area contributed by atoms with E-state index in [-0.39, 0.29) is 96.3 Å². The van der Waals surface area contributed by atoms with Crippen LogP contribution >= 0.6 is 58.0 Å². The van der Waals surface area contributed by atoms with Crippen molar-refractivity contribution in [1.82, 2.24) is 24.9 Å². The number of pyridine rings is 5. The molecule has 712 valence electrons. The average molecular weight is 2060 g/mol. The number of benzene rings is 11. The van der Waals surface area contributed by atoms with E-state index >= 15 is 0 Å². The van der Waals surface area contributed by atoms with Crippen molar-refractivity contribution in [2.24, 2.45) is 0 Å². The van der Waals surface area contributed by atoms with Gasteiger partial charge in [0.25, 0.3) is 63.7 Å². The van der Waals surface area contributed by atoms with Gasteiger partial charge in [0.15, 0.2) is 23.8 Å². The Bertz CT molecular complexity index is 7540. The van der Waals surface area contributed by atoms with E-state index in [0.717, 1.165) is 80.8 Å². The summed E-state index contributed by atoms with van der Waals surface area (Å²) in [5.41, 5.74) is 10.3. The van der Waals surface area contributed by atoms with Crippen LogP contribution in [0.1, 0.15) is 47.0 Å². The molecular weight excluding hydrogens is 1980 g/mol. The molecule has 29 nitrogen and oxygen atoms in total. The van der Waals surface area contributed by atoms with Crippen LogP contribution in [0, 0.1) is 18.6 Å². The highest BCUT2D eigenvalue weighted by Crippen LogP contribution is 2.41. The van der Waals surface area contributed by atoms with Gasteiger partial charge in [0.1, 0.15) is 11.6 Å². The van der Waals surface area contributed by atoms with E-state index in [1.807, 2.05) is 128 Å². The van der Waals surface area contributed by atoms with Gasteiger partial charge in [-0.3, -0.25) is 56.3 Å². The lowest BCUT2D eigenvalue weighted by atomic mass is 9.99. The van der Waals surface area contributed by atoms with Gasteiger partial charge in [-0.2, -0.15) is 0 Å². The van der Waals surface area contributed by atoms with Crippen LogP contribution in [-0.2, 0) is 59.0 Å². The number of aromatic nitrogens is 5. The molecule has 40 heteroatoms. The molecule has 140 heavy (non-hydrogen) atoms. The van der Waals surface area contributed by atoms with Crippen molar-refractivity contribution in [3.05, 3.63) is 350 Å². The number of nitrogens with one attached hydrogen (secondary N) is 4. The highest BCUT2D eigenvalue weighted by atomic mass is 35.5. The summed E-state index contributed by atoms with van der Waals surface area (Å²) >= 11 is 32.1. The Balaban J connectivity index is 0.000000129. The zero-order valence-electron chi connectivity index (χ0n) is 73.5. The number of hydrogen-bond acceptors (Lipinski definition) is 21. The molecular formula is C100H78Cl5F2N13O16S4. The van der Waals surface area contributed by atoms with Crippen LogP contribution in [-0.4, -0.2) is 159 Å². The molecule has 0 atom stereocenters. The fourth-order valence-electron chi connectivity index (χ4n) is 15.8. The minimum absolute atomic E-state index is 0.0725. The van der Waals surface area contributed by atoms with Gasteiger partial charge in [0, 0.05) is 97.5 Å². The number of anilines is 8. The largest absolute Gasteiger partial charge is 0.362 e. The molecule has 4 N–H and O–H groups in total. The molecule has 0 radical (unpaired) electrons. The van der Waals surface area contributed by atoms with E-state index in [1.54, 1.807) is 104 Å². The van der Waals surface area contributed by atoms with E-state index in [1.165, 1.54) is 57.1 Å². The number of carbonyl (C=O) groups is 4. The molecule has 4 saturated heterocycles. The summed E-state index contributed by atoms with van der Waals surface area (Å²) < 4.78 is 152. The van der Waals surface area contributed by atoms with Crippen molar-refractivity contribution in [3.63, 3.8) is 0 Å². The van der Waals surface area contributed by atoms with Gasteiger partial charge in [-0.25, -0.2) is 47.4 Å². The fourth-order valence-corrected chi connectivity index (χ4v) is 21.9. The number of carbonyl (C=O) groups excluding carboxylic acids is 4. The van der Waals surface area contributed by atoms with Crippen molar-refractivity contribution in [2.45, 2.75) is 6.92 Å². The van der Waals surface area contributed by atoms with Crippen molar-refractivity contribution in [2.75, 3.05) is 115 Å². The van der Waals surface area contributed by atoms with Gasteiger partial charge in [-0.05, 0) is 205 Å². The van der Waals surface area contributed by atoms with E-state index in [9.17, 15) is 61.6 Å². The number of fused-ring (bicyclic) bond motifs is 4. The zero-order chi connectivity index (χ0) is 98.3. The molecule has 11 aromatic carbocycles. The van der Waals surface area contributed by atoms with Crippen molar-refractivity contribution in [3.8, 4) is 45.0 Å². The molecule has 4 amide bonds. The molecule has 9 heterocycles. The van der Waals surface area contributed by atoms with Crippen LogP contribution < -0.4 is 38.5 Å². The molecule has 0 aliphatic carbocycles. The summed E-state index contributed by atoms with van der Waals surface area (Å²) in [6.45, 7) is 3.45. The van der Waals surface area contributed by atoms with Crippen LogP contribution in [0.2, 0.25) is 25.1 Å². The standard InChI is InChI=1S/C26H22FN3O4S.C25H19Cl2N3O4S.C25H19ClFN3O4S.C24H18Cl2N4O4S/c1-17-6-7-19(14-23(17)25-21-5-3-2-4-18(21)10-11-28-25)29-26(31)22-9-8-20(15-24(22)27)30-12-13-34-16-35(30,32)33;2*26-22-8-5-17(13-21(22)24-19-4-2-1-3-16(19)9-10-28-24)29-25(31)20-7-6-18(14-23(20)27)30-11-12-34-15-35(30,32)33;25-20-5-2-16(11-19(20)23-6-1-15-13-27-8-7-22(15)29-23)28-24(31)18-4-3-17(12-21(18)26)30-9-10-34-14-35(30,32)33/h2-11,14-15H,12-13,16H2,1H3,(H,29,31);2*1-10,13-14H,11-12,15H2,(H,29,31);1-8,11-13H,9-10,14H2,(H,28,31). The monoisotopic (exact) mass is 2060 g/mol. The predicted octanol–water partition coefficient (Wildman–Crippen LogP) is 20.4. The molecule has 4 aliphatic rings. The molecule has 16 aromatic rings. The molecule has 5 aromatic heterocycles. The number of sulfonamides is 4. The molecule has 0 spiro atoms. The lowest BCUT2D eigenvalue weighted by Gasteiger charge is -2.28. The molecule has 4 fully saturated rings. The smallest absolute Gasteiger partial charge is 0.259 e. The number of aryl methyl sites for hydroxylation is 1. The topological polar surface area (TPSA) is 367 Å². The second kappa shape index (κ2) is 42.1. The van der Waals surface area contributed by atoms with Crippen LogP contribution in [0.15, 0.2) is 286 Å². The molecule has 4 aliphatic heterocycles. The summed E-state index contributed by atoms with van der Waals surface area (Å²) in [6.07, 6.45) is 8.54. The summed E-state index contributed by atoms with van der Waals surface area (Å²) in [5, 5.41) is 19.6. The lowest BCUT2D eigenvalue weighted by Crippen LogP contribution is -2.41. The third-order valence-corrected chi connectivity index (χ3v) is 30.4. The zero-order valence-corrected chi connectivity index (χ0v) is 80.5. The Kier molecular flexibility index (Phi) is 29.4. The minimum Gasteiger partial charge on any atom is -0.362 e. The van der Waals surface area contributed by atoms with Crippen LogP contribution in [0.25, 0.3) is 88.2 Å². The Labute approximate surface area is 826 Å². The van der Waals surface area contributed by atoms with E-state index < -0.39 is 99.1 Å². The van der Waals surface area contributed by atoms with Crippen LogP contribution in [0.3, 0.4) is 0 Å². The normalized spacial score (nSPS) is 15.2. The van der Waals surface area contributed by atoms with Gasteiger partial charge in [-0.15, -0.1) is 0 Å². The van der Waals surface area contributed by atoms with Crippen LogP contribution in [0.4, 0.5) is 54.3 Å². The third-order valence-electron chi connectivity index (χ3n) is 22.7. The molecule has 0 bridgehead atoms. The second-order valence-corrected chi connectivity index (χ2v) is 41.2. The quantitative estimate of drug-likeness (QED) is 0.0698. The van der Waals surface area contributed by atoms with Crippen molar-refractivity contribution in [1.29, 1.82) is 0 Å². The van der Waals surface area contributed by atoms with Gasteiger partial charge >= 0.3 is 0 Å². The second-order valence-electron chi connectivity index (χ2n) is 31.8. The Morgan fingerprint density at radius 2 is 0.657 bits per heavy atom. The number of nitrogens with zero attached hydrogens (tertiary/aromatic N) is 9. The first kappa shape index (κ1) is 97.9. The van der Waals surface area contributed by atoms with Crippen molar-refractivity contribution >= 4 is 210 Å². The Hall–Kier alpha value is -13.8. The number of hydrogen-bond donors (Lipinski definition) is 4. The fraction of sp³-hybridized carbons (Fsp3) is 0.130. The number of rotatable bonds is 16. The Morgan fingerprint density at radius 3 is 1.03 bits per heavy atom. The first-order valence-corrected chi connectivity index (χ1v) is 51.1. The molecule has 20 rings (SSSR count). The minimum atomic E-state index is -3.70. The summed E-state index contributed by atoms with van der Waals surface area (Å²) in [4.78, 5) is 74.0. The van der Waals surface area contributed by atoms with Crippen LogP contribution in [0.5, 0.6) is 0 Å². The van der Waals surface area contributed by atoms with E-state index in [4.69, 9.17) is 77.0 Å². The maximum Gasteiger partial charge on any atom is 0.259 e. The Morgan fingerprint density at radius 1 is 0.329 bits per heavy atom. The first-order valence-electron chi connectivity index (χ1n) is 42.8. The maximum atomic E-state index is 14.9.